The first-order valence-corrected chi connectivity index (χ1v) is 7.04. The number of aldehydes is 1. The van der Waals surface area contributed by atoms with E-state index in [0.29, 0.717) is 18.3 Å². The molecule has 2 aromatic rings. The molecule has 20 heavy (non-hydrogen) atoms. The van der Waals surface area contributed by atoms with Gasteiger partial charge in [-0.2, -0.15) is 0 Å². The topological polar surface area (TPSA) is 26.3 Å². The zero-order chi connectivity index (χ0) is 13.9. The summed E-state index contributed by atoms with van der Waals surface area (Å²) in [6, 6.07) is 16.3. The fraction of sp³-hybridized carbons (Fsp3) is 0.278. The van der Waals surface area contributed by atoms with E-state index in [1.807, 2.05) is 36.4 Å². The van der Waals surface area contributed by atoms with Crippen molar-refractivity contribution in [2.75, 3.05) is 0 Å². The average Bonchev–Trinajstić information content (AvgIpc) is 3.22. The highest BCUT2D eigenvalue weighted by molar-refractivity contribution is 5.51. The molecule has 0 heterocycles. The molecular weight excluding hydrogens is 248 g/mol. The fourth-order valence-corrected chi connectivity index (χ4v) is 2.59. The Morgan fingerprint density at radius 2 is 1.95 bits per heavy atom. The second-order valence-corrected chi connectivity index (χ2v) is 5.49. The minimum Gasteiger partial charge on any atom is -0.457 e. The van der Waals surface area contributed by atoms with Gasteiger partial charge in [0.25, 0.3) is 0 Å². The molecule has 1 saturated carbocycles. The maximum absolute atomic E-state index is 10.5. The second-order valence-electron chi connectivity index (χ2n) is 5.49. The van der Waals surface area contributed by atoms with E-state index < -0.39 is 0 Å². The van der Waals surface area contributed by atoms with E-state index in [0.717, 1.165) is 24.2 Å². The van der Waals surface area contributed by atoms with Crippen molar-refractivity contribution in [2.24, 2.45) is 5.92 Å². The van der Waals surface area contributed by atoms with Gasteiger partial charge in [0.1, 0.15) is 17.8 Å². The van der Waals surface area contributed by atoms with Gasteiger partial charge in [0, 0.05) is 6.42 Å². The van der Waals surface area contributed by atoms with Crippen molar-refractivity contribution in [2.45, 2.75) is 25.7 Å². The third kappa shape index (κ3) is 2.90. The third-order valence-corrected chi connectivity index (χ3v) is 3.86. The molecule has 0 radical (unpaired) electrons. The van der Waals surface area contributed by atoms with Crippen LogP contribution in [0.15, 0.2) is 48.5 Å². The largest absolute Gasteiger partial charge is 0.457 e. The van der Waals surface area contributed by atoms with Crippen molar-refractivity contribution in [1.82, 2.24) is 0 Å². The summed E-state index contributed by atoms with van der Waals surface area (Å²) in [5.41, 5.74) is 2.50. The van der Waals surface area contributed by atoms with Gasteiger partial charge < -0.3 is 9.53 Å². The first-order chi connectivity index (χ1) is 9.76. The Balaban J connectivity index is 1.72. The number of aryl methyl sites for hydroxylation is 1. The van der Waals surface area contributed by atoms with Gasteiger partial charge in [-0.25, -0.2) is 0 Å². The van der Waals surface area contributed by atoms with Crippen LogP contribution in [0.2, 0.25) is 0 Å². The summed E-state index contributed by atoms with van der Waals surface area (Å²) in [6.45, 7) is 2.06. The summed E-state index contributed by atoms with van der Waals surface area (Å²) in [5.74, 6) is 2.78. The molecular formula is C18H18O2. The van der Waals surface area contributed by atoms with Crippen LogP contribution < -0.4 is 4.74 Å². The molecule has 102 valence electrons. The Labute approximate surface area is 119 Å². The van der Waals surface area contributed by atoms with Crippen LogP contribution in [0.4, 0.5) is 0 Å². The molecule has 1 fully saturated rings. The summed E-state index contributed by atoms with van der Waals surface area (Å²) in [7, 11) is 0. The molecule has 2 aromatic carbocycles. The number of ether oxygens (including phenoxy) is 1. The molecule has 1 aliphatic carbocycles. The van der Waals surface area contributed by atoms with Crippen LogP contribution in [-0.2, 0) is 4.79 Å². The lowest BCUT2D eigenvalue weighted by atomic mass is 10.1. The smallest absolute Gasteiger partial charge is 0.127 e. The van der Waals surface area contributed by atoms with Crippen molar-refractivity contribution in [3.8, 4) is 11.5 Å². The Morgan fingerprint density at radius 1 is 1.15 bits per heavy atom. The van der Waals surface area contributed by atoms with Crippen LogP contribution in [0.25, 0.3) is 0 Å². The number of rotatable bonds is 5. The maximum atomic E-state index is 10.5. The van der Waals surface area contributed by atoms with E-state index >= 15 is 0 Å². The minimum absolute atomic E-state index is 0.529. The highest BCUT2D eigenvalue weighted by Crippen LogP contribution is 2.49. The number of carbonyl (C=O) groups is 1. The Morgan fingerprint density at radius 3 is 2.70 bits per heavy atom. The zero-order valence-corrected chi connectivity index (χ0v) is 11.6. The summed E-state index contributed by atoms with van der Waals surface area (Å²) in [4.78, 5) is 10.5. The van der Waals surface area contributed by atoms with Crippen molar-refractivity contribution in [1.29, 1.82) is 0 Å². The molecule has 2 atom stereocenters. The fourth-order valence-electron chi connectivity index (χ4n) is 2.59. The predicted molar refractivity (Wildman–Crippen MR) is 79.2 cm³/mol. The highest BCUT2D eigenvalue weighted by atomic mass is 16.5. The van der Waals surface area contributed by atoms with Crippen molar-refractivity contribution in [3.05, 3.63) is 59.7 Å². The predicted octanol–water partition coefficient (Wildman–Crippen LogP) is 4.48. The van der Waals surface area contributed by atoms with Crippen LogP contribution in [0.3, 0.4) is 0 Å². The van der Waals surface area contributed by atoms with Gasteiger partial charge >= 0.3 is 0 Å². The normalized spacial score (nSPS) is 20.4. The monoisotopic (exact) mass is 266 g/mol. The average molecular weight is 266 g/mol. The first kappa shape index (κ1) is 12.9. The van der Waals surface area contributed by atoms with E-state index in [1.54, 1.807) is 0 Å². The number of hydrogen-bond donors (Lipinski definition) is 0. The van der Waals surface area contributed by atoms with Gasteiger partial charge in [0.15, 0.2) is 0 Å². The number of carbonyl (C=O) groups excluding carboxylic acids is 1. The molecule has 0 amide bonds. The third-order valence-electron chi connectivity index (χ3n) is 3.86. The molecule has 2 heteroatoms. The molecule has 1 aliphatic rings. The van der Waals surface area contributed by atoms with Gasteiger partial charge in [0.2, 0.25) is 0 Å². The van der Waals surface area contributed by atoms with Crippen LogP contribution in [0, 0.1) is 12.8 Å². The molecule has 2 nitrogen and oxygen atoms in total. The van der Waals surface area contributed by atoms with Gasteiger partial charge in [0.05, 0.1) is 0 Å². The van der Waals surface area contributed by atoms with Gasteiger partial charge in [-0.3, -0.25) is 0 Å². The summed E-state index contributed by atoms with van der Waals surface area (Å²) < 4.78 is 5.88. The van der Waals surface area contributed by atoms with Gasteiger partial charge in [-0.05, 0) is 55.0 Å². The van der Waals surface area contributed by atoms with Crippen molar-refractivity contribution >= 4 is 6.29 Å². The standard InChI is InChI=1S/C18H18O2/c1-13-5-7-16(8-6-13)20-17-4-2-3-14(11-17)18-12-15(18)9-10-19/h2-8,10-11,15,18H,9,12H2,1H3. The summed E-state index contributed by atoms with van der Waals surface area (Å²) in [6.07, 6.45) is 2.82. The molecule has 2 unspecified atom stereocenters. The van der Waals surface area contributed by atoms with Crippen molar-refractivity contribution < 1.29 is 9.53 Å². The Bertz CT molecular complexity index is 601. The second kappa shape index (κ2) is 5.49. The lowest BCUT2D eigenvalue weighted by Crippen LogP contribution is -1.88. The van der Waals surface area contributed by atoms with Crippen LogP contribution in [-0.4, -0.2) is 6.29 Å². The van der Waals surface area contributed by atoms with Crippen LogP contribution >= 0.6 is 0 Å². The van der Waals surface area contributed by atoms with E-state index in [9.17, 15) is 4.79 Å². The molecule has 0 N–H and O–H groups in total. The summed E-state index contributed by atoms with van der Waals surface area (Å²) >= 11 is 0. The molecule has 0 aliphatic heterocycles. The maximum Gasteiger partial charge on any atom is 0.127 e. The van der Waals surface area contributed by atoms with Crippen molar-refractivity contribution in [3.63, 3.8) is 0 Å². The summed E-state index contributed by atoms with van der Waals surface area (Å²) in [5, 5.41) is 0. The SMILES string of the molecule is Cc1ccc(Oc2cccc(C3CC3CC=O)c2)cc1. The Hall–Kier alpha value is -2.09. The number of hydrogen-bond acceptors (Lipinski definition) is 2. The quantitative estimate of drug-likeness (QED) is 0.746. The van der Waals surface area contributed by atoms with E-state index in [1.165, 1.54) is 11.1 Å². The molecule has 0 saturated heterocycles. The number of benzene rings is 2. The Kier molecular flexibility index (Phi) is 3.55. The lowest BCUT2D eigenvalue weighted by Gasteiger charge is -2.08. The zero-order valence-electron chi connectivity index (χ0n) is 11.6. The van der Waals surface area contributed by atoms with Crippen LogP contribution in [0.1, 0.15) is 29.9 Å². The van der Waals surface area contributed by atoms with Gasteiger partial charge in [-0.15, -0.1) is 0 Å². The molecule has 0 bridgehead atoms. The highest BCUT2D eigenvalue weighted by Gasteiger charge is 2.37. The van der Waals surface area contributed by atoms with E-state index in [2.05, 4.69) is 19.1 Å². The lowest BCUT2D eigenvalue weighted by molar-refractivity contribution is -0.108. The van der Waals surface area contributed by atoms with Crippen LogP contribution in [0.5, 0.6) is 11.5 Å². The molecule has 0 aromatic heterocycles. The molecule has 3 rings (SSSR count). The first-order valence-electron chi connectivity index (χ1n) is 7.04. The minimum atomic E-state index is 0.529. The molecule has 0 spiro atoms. The van der Waals surface area contributed by atoms with E-state index in [-0.39, 0.29) is 0 Å². The van der Waals surface area contributed by atoms with Gasteiger partial charge in [-0.1, -0.05) is 29.8 Å². The van der Waals surface area contributed by atoms with E-state index in [4.69, 9.17) is 4.74 Å².